The molecule has 6 heteroatoms. The normalized spacial score (nSPS) is 10.8. The van der Waals surface area contributed by atoms with E-state index in [0.29, 0.717) is 0 Å². The topological polar surface area (TPSA) is 94.3 Å². The van der Waals surface area contributed by atoms with Crippen molar-refractivity contribution in [3.8, 4) is 0 Å². The lowest BCUT2D eigenvalue weighted by molar-refractivity contribution is -0.119. The van der Waals surface area contributed by atoms with E-state index < -0.39 is 18.5 Å². The number of hydrogen-bond acceptors (Lipinski definition) is 5. The Morgan fingerprint density at radius 1 is 1.08 bits per heavy atom. The van der Waals surface area contributed by atoms with Crippen LogP contribution in [0.15, 0.2) is 36.5 Å². The maximum absolute atomic E-state index is 12.3. The van der Waals surface area contributed by atoms with Crippen molar-refractivity contribution in [2.45, 2.75) is 39.5 Å². The number of anilines is 2. The number of aromatic nitrogens is 1. The molecule has 0 spiro atoms. The molecule has 0 saturated carbocycles. The Kier molecular flexibility index (Phi) is 6.33. The number of benzene rings is 1. The van der Waals surface area contributed by atoms with E-state index in [1.54, 1.807) is 6.07 Å². The molecular weight excluding hydrogens is 330 g/mol. The quantitative estimate of drug-likeness (QED) is 0.770. The fraction of sp³-hybridized carbons (Fsp3) is 0.350. The van der Waals surface area contributed by atoms with Gasteiger partial charge in [0.25, 0.3) is 5.91 Å². The van der Waals surface area contributed by atoms with Crippen LogP contribution >= 0.6 is 0 Å². The van der Waals surface area contributed by atoms with E-state index in [-0.39, 0.29) is 23.2 Å². The zero-order valence-corrected chi connectivity index (χ0v) is 15.6. The first-order valence-electron chi connectivity index (χ1n) is 8.61. The Morgan fingerprint density at radius 3 is 2.23 bits per heavy atom. The van der Waals surface area contributed by atoms with E-state index in [1.807, 2.05) is 18.2 Å². The van der Waals surface area contributed by atoms with Gasteiger partial charge in [-0.1, -0.05) is 45.9 Å². The van der Waals surface area contributed by atoms with Gasteiger partial charge >= 0.3 is 5.97 Å². The Balaban J connectivity index is 2.11. The van der Waals surface area contributed by atoms with Crippen LogP contribution in [0.3, 0.4) is 0 Å². The summed E-state index contributed by atoms with van der Waals surface area (Å²) >= 11 is 0. The first-order chi connectivity index (χ1) is 12.3. The monoisotopic (exact) mass is 355 g/mol. The van der Waals surface area contributed by atoms with Crippen LogP contribution in [0.5, 0.6) is 0 Å². The molecule has 0 bridgehead atoms. The van der Waals surface area contributed by atoms with Crippen LogP contribution in [0.2, 0.25) is 0 Å². The Labute approximate surface area is 153 Å². The highest BCUT2D eigenvalue weighted by atomic mass is 16.5. The van der Waals surface area contributed by atoms with Gasteiger partial charge in [-0.3, -0.25) is 4.79 Å². The molecule has 1 amide bonds. The van der Waals surface area contributed by atoms with E-state index in [9.17, 15) is 9.59 Å². The van der Waals surface area contributed by atoms with Crippen molar-refractivity contribution in [3.05, 3.63) is 53.2 Å². The van der Waals surface area contributed by atoms with E-state index in [0.717, 1.165) is 16.8 Å². The van der Waals surface area contributed by atoms with Gasteiger partial charge in [-0.2, -0.15) is 0 Å². The van der Waals surface area contributed by atoms with Gasteiger partial charge in [-0.15, -0.1) is 0 Å². The number of nitrogens with one attached hydrogen (secondary N) is 1. The lowest BCUT2D eigenvalue weighted by Crippen LogP contribution is -2.23. The van der Waals surface area contributed by atoms with Gasteiger partial charge in [0, 0.05) is 11.9 Å². The predicted octanol–water partition coefficient (Wildman–Crippen LogP) is 3.71. The molecular formula is C20H25N3O3. The number of esters is 1. The minimum Gasteiger partial charge on any atom is -0.452 e. The number of nitrogens with zero attached hydrogens (tertiary/aromatic N) is 1. The van der Waals surface area contributed by atoms with Gasteiger partial charge in [-0.05, 0) is 35.1 Å². The van der Waals surface area contributed by atoms with Gasteiger partial charge in [0.2, 0.25) is 0 Å². The number of carbonyl (C=O) groups is 2. The second-order valence-electron chi connectivity index (χ2n) is 6.68. The summed E-state index contributed by atoms with van der Waals surface area (Å²) in [6, 6.07) is 9.07. The highest BCUT2D eigenvalue weighted by Gasteiger charge is 2.18. The van der Waals surface area contributed by atoms with Crippen LogP contribution in [-0.4, -0.2) is 23.5 Å². The molecule has 1 heterocycles. The average Bonchev–Trinajstić information content (AvgIpc) is 2.59. The SMILES string of the molecule is CC(C)c1cccc(C(C)C)c1NC(=O)COC(=O)c1cccnc1N. The van der Waals surface area contributed by atoms with Crippen molar-refractivity contribution >= 4 is 23.4 Å². The molecule has 0 aliphatic heterocycles. The molecule has 2 aromatic rings. The van der Waals surface area contributed by atoms with Gasteiger partial charge in [0.05, 0.1) is 0 Å². The first kappa shape index (κ1) is 19.4. The third-order valence-electron chi connectivity index (χ3n) is 4.03. The van der Waals surface area contributed by atoms with Gasteiger partial charge in [0.15, 0.2) is 6.61 Å². The standard InChI is InChI=1S/C20H25N3O3/c1-12(2)14-7-5-8-15(13(3)4)18(14)23-17(24)11-26-20(25)16-9-6-10-22-19(16)21/h5-10,12-13H,11H2,1-4H3,(H2,21,22)(H,23,24). The molecule has 6 nitrogen and oxygen atoms in total. The summed E-state index contributed by atoms with van der Waals surface area (Å²) in [5.74, 6) is -0.489. The second-order valence-corrected chi connectivity index (χ2v) is 6.68. The number of carbonyl (C=O) groups excluding carboxylic acids is 2. The smallest absolute Gasteiger partial charge is 0.342 e. The molecule has 0 aliphatic carbocycles. The van der Waals surface area contributed by atoms with E-state index in [1.165, 1.54) is 12.3 Å². The minimum absolute atomic E-state index is 0.0742. The molecule has 1 aromatic carbocycles. The van der Waals surface area contributed by atoms with E-state index >= 15 is 0 Å². The van der Waals surface area contributed by atoms with Crippen molar-refractivity contribution in [3.63, 3.8) is 0 Å². The molecule has 0 aliphatic rings. The number of pyridine rings is 1. The number of nitrogen functional groups attached to an aromatic ring is 1. The molecule has 26 heavy (non-hydrogen) atoms. The fourth-order valence-electron chi connectivity index (χ4n) is 2.67. The zero-order valence-electron chi connectivity index (χ0n) is 15.6. The molecule has 0 saturated heterocycles. The highest BCUT2D eigenvalue weighted by Crippen LogP contribution is 2.32. The van der Waals surface area contributed by atoms with Gasteiger partial charge in [0.1, 0.15) is 11.4 Å². The van der Waals surface area contributed by atoms with E-state index in [4.69, 9.17) is 10.5 Å². The molecule has 2 rings (SSSR count). The largest absolute Gasteiger partial charge is 0.452 e. The third-order valence-corrected chi connectivity index (χ3v) is 4.03. The lowest BCUT2D eigenvalue weighted by atomic mass is 9.92. The highest BCUT2D eigenvalue weighted by molar-refractivity contribution is 5.98. The Morgan fingerprint density at radius 2 is 1.69 bits per heavy atom. The summed E-state index contributed by atoms with van der Waals surface area (Å²) in [7, 11) is 0. The zero-order chi connectivity index (χ0) is 19.3. The summed E-state index contributed by atoms with van der Waals surface area (Å²) in [5.41, 5.74) is 8.68. The van der Waals surface area contributed by atoms with Crippen LogP contribution in [-0.2, 0) is 9.53 Å². The first-order valence-corrected chi connectivity index (χ1v) is 8.61. The van der Waals surface area contributed by atoms with Gasteiger partial charge < -0.3 is 15.8 Å². The number of hydrogen-bond donors (Lipinski definition) is 2. The number of rotatable bonds is 6. The van der Waals surface area contributed by atoms with Crippen molar-refractivity contribution in [1.82, 2.24) is 4.98 Å². The van der Waals surface area contributed by atoms with Crippen LogP contribution in [0.25, 0.3) is 0 Å². The summed E-state index contributed by atoms with van der Waals surface area (Å²) in [4.78, 5) is 28.2. The minimum atomic E-state index is -0.674. The maximum Gasteiger partial charge on any atom is 0.342 e. The van der Waals surface area contributed by atoms with Crippen LogP contribution in [0.4, 0.5) is 11.5 Å². The number of nitrogens with two attached hydrogens (primary N) is 1. The second kappa shape index (κ2) is 8.47. The maximum atomic E-state index is 12.3. The summed E-state index contributed by atoms with van der Waals surface area (Å²) in [6.07, 6.45) is 1.48. The molecule has 0 unspecified atom stereocenters. The summed E-state index contributed by atoms with van der Waals surface area (Å²) < 4.78 is 5.07. The molecule has 1 aromatic heterocycles. The Hall–Kier alpha value is -2.89. The summed E-state index contributed by atoms with van der Waals surface area (Å²) in [5, 5.41) is 2.90. The van der Waals surface area contributed by atoms with Gasteiger partial charge in [-0.25, -0.2) is 9.78 Å². The molecule has 0 atom stereocenters. The van der Waals surface area contributed by atoms with Crippen LogP contribution in [0, 0.1) is 0 Å². The molecule has 138 valence electrons. The third kappa shape index (κ3) is 4.59. The number of amides is 1. The summed E-state index contributed by atoms with van der Waals surface area (Å²) in [6.45, 7) is 7.89. The van der Waals surface area contributed by atoms with Crippen molar-refractivity contribution in [1.29, 1.82) is 0 Å². The predicted molar refractivity (Wildman–Crippen MR) is 102 cm³/mol. The van der Waals surface area contributed by atoms with Crippen molar-refractivity contribution in [2.75, 3.05) is 17.7 Å². The molecule has 0 radical (unpaired) electrons. The van der Waals surface area contributed by atoms with Crippen LogP contribution < -0.4 is 11.1 Å². The van der Waals surface area contributed by atoms with Crippen molar-refractivity contribution < 1.29 is 14.3 Å². The number of ether oxygens (including phenoxy) is 1. The fourth-order valence-corrected chi connectivity index (χ4v) is 2.67. The Bertz CT molecular complexity index is 774. The molecule has 3 N–H and O–H groups in total. The van der Waals surface area contributed by atoms with Crippen molar-refractivity contribution in [2.24, 2.45) is 0 Å². The van der Waals surface area contributed by atoms with E-state index in [2.05, 4.69) is 38.0 Å². The lowest BCUT2D eigenvalue weighted by Gasteiger charge is -2.20. The number of para-hydroxylation sites is 1. The van der Waals surface area contributed by atoms with Crippen LogP contribution in [0.1, 0.15) is 61.0 Å². The average molecular weight is 355 g/mol. The molecule has 0 fully saturated rings.